The van der Waals surface area contributed by atoms with Crippen molar-refractivity contribution in [3.63, 3.8) is 0 Å². The van der Waals surface area contributed by atoms with E-state index in [1.54, 1.807) is 11.3 Å². The molecular formula is C9H8N2OS2. The summed E-state index contributed by atoms with van der Waals surface area (Å²) in [6.07, 6.45) is 3.31. The lowest BCUT2D eigenvalue weighted by Gasteiger charge is -1.92. The topological polar surface area (TPSA) is 48.6 Å². The Kier molecular flexibility index (Phi) is 1.66. The van der Waals surface area contributed by atoms with Gasteiger partial charge in [0, 0.05) is 4.88 Å². The molecule has 0 fully saturated rings. The minimum atomic E-state index is -0.0387. The molecule has 0 saturated carbocycles. The second kappa shape index (κ2) is 2.77. The van der Waals surface area contributed by atoms with E-state index >= 15 is 0 Å². The third-order valence-electron chi connectivity index (χ3n) is 2.60. The number of H-pyrrole nitrogens is 2. The maximum Gasteiger partial charge on any atom is 0.260 e. The molecule has 3 nitrogen and oxygen atoms in total. The lowest BCUT2D eigenvalue weighted by Crippen LogP contribution is -2.07. The van der Waals surface area contributed by atoms with Crippen molar-refractivity contribution in [2.75, 3.05) is 0 Å². The van der Waals surface area contributed by atoms with Crippen molar-refractivity contribution in [1.29, 1.82) is 0 Å². The van der Waals surface area contributed by atoms with Crippen LogP contribution in [0.15, 0.2) is 4.79 Å². The Balaban J connectivity index is 2.56. The molecule has 0 aromatic carbocycles. The molecule has 2 aromatic heterocycles. The van der Waals surface area contributed by atoms with Crippen LogP contribution in [-0.4, -0.2) is 9.97 Å². The molecule has 0 radical (unpaired) electrons. The molecule has 1 aliphatic rings. The molecule has 0 bridgehead atoms. The monoisotopic (exact) mass is 224 g/mol. The van der Waals surface area contributed by atoms with Crippen molar-refractivity contribution in [1.82, 2.24) is 9.97 Å². The lowest BCUT2D eigenvalue weighted by atomic mass is 10.2. The van der Waals surface area contributed by atoms with Crippen LogP contribution >= 0.6 is 23.6 Å². The molecular weight excluding hydrogens is 216 g/mol. The number of nitrogens with one attached hydrogen (secondary N) is 2. The Bertz CT molecular complexity index is 620. The highest BCUT2D eigenvalue weighted by molar-refractivity contribution is 7.71. The summed E-state index contributed by atoms with van der Waals surface area (Å²) in [4.78, 5) is 19.6. The van der Waals surface area contributed by atoms with Gasteiger partial charge in [-0.3, -0.25) is 9.78 Å². The van der Waals surface area contributed by atoms with Crippen LogP contribution in [0.1, 0.15) is 16.9 Å². The van der Waals surface area contributed by atoms with Crippen LogP contribution in [0, 0.1) is 4.77 Å². The molecule has 0 aliphatic heterocycles. The predicted octanol–water partition coefficient (Wildman–Crippen LogP) is 2.14. The molecule has 3 rings (SSSR count). The summed E-state index contributed by atoms with van der Waals surface area (Å²) in [7, 11) is 0. The van der Waals surface area contributed by atoms with Crippen molar-refractivity contribution in [3.05, 3.63) is 25.6 Å². The fourth-order valence-corrected chi connectivity index (χ4v) is 3.58. The van der Waals surface area contributed by atoms with Crippen LogP contribution in [0.4, 0.5) is 0 Å². The van der Waals surface area contributed by atoms with E-state index < -0.39 is 0 Å². The number of fused-ring (bicyclic) bond motifs is 3. The summed E-state index contributed by atoms with van der Waals surface area (Å²) in [5, 5.41) is 0.830. The standard InChI is InChI=1S/C9H8N2OS2/c12-7-6-4-2-1-3-5(4)14-8(6)11-9(13)10-7/h1-3H2,(H2,10,11,12,13). The van der Waals surface area contributed by atoms with E-state index in [4.69, 9.17) is 12.2 Å². The van der Waals surface area contributed by atoms with E-state index in [1.807, 2.05) is 0 Å². The average Bonchev–Trinajstić information content (AvgIpc) is 2.60. The van der Waals surface area contributed by atoms with Crippen molar-refractivity contribution in [2.24, 2.45) is 0 Å². The SMILES string of the molecule is O=c1[nH]c(=S)[nH]c2sc3c(c12)CCC3. The van der Waals surface area contributed by atoms with Crippen molar-refractivity contribution in [3.8, 4) is 0 Å². The molecule has 1 aliphatic carbocycles. The second-order valence-electron chi connectivity index (χ2n) is 3.47. The van der Waals surface area contributed by atoms with Gasteiger partial charge in [-0.05, 0) is 37.0 Å². The number of aryl methyl sites for hydroxylation is 2. The molecule has 0 saturated heterocycles. The molecule has 14 heavy (non-hydrogen) atoms. The molecule has 0 unspecified atom stereocenters. The third-order valence-corrected chi connectivity index (χ3v) is 4.01. The average molecular weight is 224 g/mol. The summed E-state index contributed by atoms with van der Waals surface area (Å²) in [5.41, 5.74) is 1.20. The van der Waals surface area contributed by atoms with Crippen LogP contribution < -0.4 is 5.56 Å². The Hall–Kier alpha value is -0.940. The maximum absolute atomic E-state index is 11.7. The van der Waals surface area contributed by atoms with Crippen LogP contribution in [-0.2, 0) is 12.8 Å². The van der Waals surface area contributed by atoms with Gasteiger partial charge in [0.25, 0.3) is 5.56 Å². The summed E-state index contributed by atoms with van der Waals surface area (Å²) in [6, 6.07) is 0. The van der Waals surface area contributed by atoms with Crippen LogP contribution in [0.5, 0.6) is 0 Å². The van der Waals surface area contributed by atoms with E-state index in [9.17, 15) is 4.79 Å². The van der Waals surface area contributed by atoms with Gasteiger partial charge < -0.3 is 4.98 Å². The van der Waals surface area contributed by atoms with Crippen LogP contribution in [0.3, 0.4) is 0 Å². The number of thiophene rings is 1. The number of rotatable bonds is 0. The lowest BCUT2D eigenvalue weighted by molar-refractivity contribution is 0.916. The van der Waals surface area contributed by atoms with E-state index in [-0.39, 0.29) is 5.56 Å². The van der Waals surface area contributed by atoms with Crippen LogP contribution in [0.25, 0.3) is 10.2 Å². The Morgan fingerprint density at radius 1 is 1.29 bits per heavy atom. The first-order valence-corrected chi connectivity index (χ1v) is 5.75. The van der Waals surface area contributed by atoms with Gasteiger partial charge in [0.15, 0.2) is 4.77 Å². The first-order valence-electron chi connectivity index (χ1n) is 4.52. The predicted molar refractivity (Wildman–Crippen MR) is 59.7 cm³/mol. The molecule has 72 valence electrons. The molecule has 2 N–H and O–H groups in total. The quantitative estimate of drug-likeness (QED) is 0.673. The van der Waals surface area contributed by atoms with Crippen LogP contribution in [0.2, 0.25) is 0 Å². The summed E-state index contributed by atoms with van der Waals surface area (Å²) < 4.78 is 0.419. The highest BCUT2D eigenvalue weighted by atomic mass is 32.1. The zero-order valence-corrected chi connectivity index (χ0v) is 8.98. The molecule has 2 aromatic rings. The van der Waals surface area contributed by atoms with Crippen molar-refractivity contribution in [2.45, 2.75) is 19.3 Å². The van der Waals surface area contributed by atoms with E-state index in [0.29, 0.717) is 4.77 Å². The third kappa shape index (κ3) is 1.02. The Morgan fingerprint density at radius 3 is 3.00 bits per heavy atom. The van der Waals surface area contributed by atoms with Crippen molar-refractivity contribution < 1.29 is 0 Å². The zero-order valence-electron chi connectivity index (χ0n) is 7.35. The Labute approximate surface area is 88.8 Å². The van der Waals surface area contributed by atoms with Crippen molar-refractivity contribution >= 4 is 33.8 Å². The van der Waals surface area contributed by atoms with Gasteiger partial charge >= 0.3 is 0 Å². The molecule has 0 spiro atoms. The van der Waals surface area contributed by atoms with Gasteiger partial charge in [0.1, 0.15) is 4.83 Å². The Morgan fingerprint density at radius 2 is 2.14 bits per heavy atom. The first-order chi connectivity index (χ1) is 6.75. The minimum absolute atomic E-state index is 0.0387. The normalized spacial score (nSPS) is 14.9. The fraction of sp³-hybridized carbons (Fsp3) is 0.333. The van der Waals surface area contributed by atoms with E-state index in [0.717, 1.165) is 23.1 Å². The summed E-state index contributed by atoms with van der Waals surface area (Å²) >= 11 is 6.60. The number of aromatic nitrogens is 2. The van der Waals surface area contributed by atoms with Gasteiger partial charge in [0.05, 0.1) is 5.39 Å². The first kappa shape index (κ1) is 8.38. The van der Waals surface area contributed by atoms with E-state index in [2.05, 4.69) is 9.97 Å². The van der Waals surface area contributed by atoms with Gasteiger partial charge in [-0.25, -0.2) is 0 Å². The fourth-order valence-electron chi connectivity index (χ4n) is 2.03. The molecule has 2 heterocycles. The van der Waals surface area contributed by atoms with Gasteiger partial charge in [-0.2, -0.15) is 0 Å². The number of aromatic amines is 2. The van der Waals surface area contributed by atoms with E-state index in [1.165, 1.54) is 16.9 Å². The highest BCUT2D eigenvalue weighted by Crippen LogP contribution is 2.34. The largest absolute Gasteiger partial charge is 0.323 e. The number of hydrogen-bond donors (Lipinski definition) is 2. The van der Waals surface area contributed by atoms with Gasteiger partial charge in [0.2, 0.25) is 0 Å². The molecule has 0 amide bonds. The second-order valence-corrected chi connectivity index (χ2v) is 4.98. The van der Waals surface area contributed by atoms with Gasteiger partial charge in [-0.15, -0.1) is 11.3 Å². The summed E-state index contributed by atoms with van der Waals surface area (Å²) in [6.45, 7) is 0. The maximum atomic E-state index is 11.7. The highest BCUT2D eigenvalue weighted by Gasteiger charge is 2.19. The minimum Gasteiger partial charge on any atom is -0.323 e. The molecule has 5 heteroatoms. The smallest absolute Gasteiger partial charge is 0.260 e. The summed E-state index contributed by atoms with van der Waals surface area (Å²) in [5.74, 6) is 0. The van der Waals surface area contributed by atoms with Gasteiger partial charge in [-0.1, -0.05) is 0 Å². The number of hydrogen-bond acceptors (Lipinski definition) is 3. The molecule has 0 atom stereocenters. The zero-order chi connectivity index (χ0) is 9.71.